The fraction of sp³-hybridized carbons (Fsp3) is 0.500. The average Bonchev–Trinajstić information content (AvgIpc) is 1.65. The summed E-state index contributed by atoms with van der Waals surface area (Å²) in [5.41, 5.74) is 0. The van der Waals surface area contributed by atoms with Crippen molar-refractivity contribution in [2.75, 3.05) is 0 Å². The number of carbonyl (C=O) groups is 2. The quantitative estimate of drug-likeness (QED) is 0.503. The zero-order chi connectivity index (χ0) is 6.57. The molecule has 0 aliphatic rings. The largest absolute Gasteiger partial charge is 0.481 e. The molecule has 1 N–H and O–H groups in total. The van der Waals surface area contributed by atoms with E-state index < -0.39 is 25.1 Å². The minimum atomic E-state index is -1.16. The molecule has 0 aromatic carbocycles. The molecule has 3 nitrogen and oxygen atoms in total. The van der Waals surface area contributed by atoms with E-state index in [0.29, 0.717) is 0 Å². The fourth-order valence-electron chi connectivity index (χ4n) is 0.169. The molecular weight excluding hydrogens is 96.0 g/mol. The Morgan fingerprint density at radius 2 is 2.43 bits per heavy atom. The molecule has 0 saturated heterocycles. The third kappa shape index (κ3) is 5.14. The van der Waals surface area contributed by atoms with Gasteiger partial charge in [0.25, 0.3) is 0 Å². The SMILES string of the molecule is [3H]CC(=O)CC(=O)O. The van der Waals surface area contributed by atoms with Crippen molar-refractivity contribution in [3.8, 4) is 0 Å². The lowest BCUT2D eigenvalue weighted by molar-refractivity contribution is -0.139. The molecule has 40 valence electrons. The Morgan fingerprint density at radius 1 is 1.86 bits per heavy atom. The van der Waals surface area contributed by atoms with Crippen molar-refractivity contribution in [3.63, 3.8) is 0 Å². The highest BCUT2D eigenvalue weighted by atomic mass is 16.4. The van der Waals surface area contributed by atoms with Crippen molar-refractivity contribution < 1.29 is 16.1 Å². The molecule has 0 spiro atoms. The van der Waals surface area contributed by atoms with Crippen LogP contribution in [-0.4, -0.2) is 16.9 Å². The second-order valence-electron chi connectivity index (χ2n) is 1.11. The number of ketones is 1. The van der Waals surface area contributed by atoms with E-state index in [1.54, 1.807) is 0 Å². The van der Waals surface area contributed by atoms with Crippen molar-refractivity contribution in [1.82, 2.24) is 0 Å². The van der Waals surface area contributed by atoms with Crippen LogP contribution in [0.4, 0.5) is 0 Å². The molecule has 0 aromatic rings. The van der Waals surface area contributed by atoms with Gasteiger partial charge >= 0.3 is 5.97 Å². The van der Waals surface area contributed by atoms with E-state index >= 15 is 0 Å². The molecule has 0 saturated carbocycles. The van der Waals surface area contributed by atoms with E-state index in [2.05, 4.69) is 0 Å². The Bertz CT molecular complexity index is 110. The zero-order valence-corrected chi connectivity index (χ0v) is 3.68. The van der Waals surface area contributed by atoms with Crippen LogP contribution in [0.5, 0.6) is 0 Å². The lowest BCUT2D eigenvalue weighted by Crippen LogP contribution is -2.00. The molecule has 0 aliphatic carbocycles. The van der Waals surface area contributed by atoms with Crippen LogP contribution >= 0.6 is 0 Å². The number of carboxylic acid groups (broad SMARTS) is 1. The average molecular weight is 104 g/mol. The Balaban J connectivity index is 3.40. The molecule has 0 heterocycles. The number of hydrogen-bond acceptors (Lipinski definition) is 2. The number of rotatable bonds is 2. The van der Waals surface area contributed by atoms with Crippen LogP contribution in [0.25, 0.3) is 0 Å². The highest BCUT2D eigenvalue weighted by Gasteiger charge is 1.98. The molecule has 0 fully saturated rings. The first-order valence-electron chi connectivity index (χ1n) is 2.40. The molecule has 0 unspecified atom stereocenters. The van der Waals surface area contributed by atoms with Crippen LogP contribution in [0.3, 0.4) is 0 Å². The molecular formula is C4H6O3. The summed E-state index contributed by atoms with van der Waals surface area (Å²) in [5.74, 6) is -1.72. The smallest absolute Gasteiger partial charge is 0.310 e. The molecule has 0 bridgehead atoms. The van der Waals surface area contributed by atoms with Gasteiger partial charge in [-0.2, -0.15) is 0 Å². The summed E-state index contributed by atoms with van der Waals surface area (Å²) >= 11 is 0. The van der Waals surface area contributed by atoms with Gasteiger partial charge < -0.3 is 5.11 Å². The fourth-order valence-corrected chi connectivity index (χ4v) is 0.169. The van der Waals surface area contributed by atoms with Crippen molar-refractivity contribution >= 4 is 11.8 Å². The van der Waals surface area contributed by atoms with E-state index in [1.807, 2.05) is 0 Å². The third-order valence-electron chi connectivity index (χ3n) is 0.348. The lowest BCUT2D eigenvalue weighted by Gasteiger charge is -1.80. The van der Waals surface area contributed by atoms with Gasteiger partial charge in [0.2, 0.25) is 0 Å². The molecule has 0 aliphatic heterocycles. The summed E-state index contributed by atoms with van der Waals surface area (Å²) in [4.78, 5) is 19.7. The van der Waals surface area contributed by atoms with Crippen molar-refractivity contribution in [2.45, 2.75) is 13.3 Å². The molecule has 0 radical (unpaired) electrons. The Hall–Kier alpha value is -0.860. The van der Waals surface area contributed by atoms with Gasteiger partial charge in [0.1, 0.15) is 12.2 Å². The van der Waals surface area contributed by atoms with E-state index in [1.165, 1.54) is 0 Å². The number of hydrogen-bond donors (Lipinski definition) is 1. The topological polar surface area (TPSA) is 54.4 Å². The van der Waals surface area contributed by atoms with Gasteiger partial charge in [0.05, 0.1) is 0 Å². The molecule has 0 amide bonds. The predicted molar refractivity (Wildman–Crippen MR) is 22.9 cm³/mol. The molecule has 3 heteroatoms. The summed E-state index contributed by atoms with van der Waals surface area (Å²) in [5, 5.41) is 7.91. The normalized spacial score (nSPS) is 10.0. The number of carbonyl (C=O) groups excluding carboxylic acids is 1. The number of carboxylic acids is 1. The zero-order valence-electron chi connectivity index (χ0n) is 4.68. The highest BCUT2D eigenvalue weighted by Crippen LogP contribution is 1.77. The maximum Gasteiger partial charge on any atom is 0.310 e. The van der Waals surface area contributed by atoms with Crippen molar-refractivity contribution in [3.05, 3.63) is 0 Å². The van der Waals surface area contributed by atoms with Crippen LogP contribution in [0.15, 0.2) is 0 Å². The molecule has 0 aromatic heterocycles. The summed E-state index contributed by atoms with van der Waals surface area (Å²) in [7, 11) is 0. The summed E-state index contributed by atoms with van der Waals surface area (Å²) in [6.07, 6.45) is -0.524. The van der Waals surface area contributed by atoms with Gasteiger partial charge in [0.15, 0.2) is 0 Å². The minimum absolute atomic E-state index is 0.438. The van der Waals surface area contributed by atoms with Crippen molar-refractivity contribution in [2.24, 2.45) is 0 Å². The van der Waals surface area contributed by atoms with E-state index in [4.69, 9.17) is 6.48 Å². The van der Waals surface area contributed by atoms with E-state index in [0.717, 1.165) is 0 Å². The molecule has 0 atom stereocenters. The van der Waals surface area contributed by atoms with Crippen LogP contribution in [0.2, 0.25) is 0 Å². The summed E-state index contributed by atoms with van der Waals surface area (Å²) in [6.45, 7) is -0.438. The van der Waals surface area contributed by atoms with Gasteiger partial charge in [-0.25, -0.2) is 0 Å². The lowest BCUT2D eigenvalue weighted by atomic mass is 10.3. The van der Waals surface area contributed by atoms with Crippen LogP contribution in [0.1, 0.15) is 14.7 Å². The third-order valence-corrected chi connectivity index (χ3v) is 0.348. The van der Waals surface area contributed by atoms with Gasteiger partial charge in [-0.1, -0.05) is 0 Å². The second-order valence-corrected chi connectivity index (χ2v) is 1.11. The van der Waals surface area contributed by atoms with E-state index in [-0.39, 0.29) is 0 Å². The maximum atomic E-state index is 10.1. The first-order chi connectivity index (χ1) is 3.66. The summed E-state index contributed by atoms with van der Waals surface area (Å²) < 4.78 is 6.39. The molecule has 0 rings (SSSR count). The first kappa shape index (κ1) is 4.30. The van der Waals surface area contributed by atoms with Crippen LogP contribution in [-0.2, 0) is 9.59 Å². The standard InChI is InChI=1S/C4H6O3/c1-3(5)2-4(6)7/h2H2,1H3,(H,6,7)/i1T. The maximum absolute atomic E-state index is 10.1. The Labute approximate surface area is 42.4 Å². The van der Waals surface area contributed by atoms with Gasteiger partial charge in [0, 0.05) is 1.37 Å². The van der Waals surface area contributed by atoms with Gasteiger partial charge in [-0.15, -0.1) is 0 Å². The number of aliphatic carboxylic acids is 1. The minimum Gasteiger partial charge on any atom is -0.481 e. The molecule has 7 heavy (non-hydrogen) atoms. The second kappa shape index (κ2) is 2.34. The van der Waals surface area contributed by atoms with Crippen LogP contribution in [0, 0.1) is 0 Å². The number of Topliss-reactive ketones (excluding diaryl/α,β-unsaturated/α-hetero) is 1. The first-order valence-corrected chi connectivity index (χ1v) is 1.69. The predicted octanol–water partition coefficient (Wildman–Crippen LogP) is 0.0501. The Kier molecular flexibility index (Phi) is 1.44. The van der Waals surface area contributed by atoms with Gasteiger partial charge in [-0.3, -0.25) is 9.59 Å². The van der Waals surface area contributed by atoms with Gasteiger partial charge in [-0.05, 0) is 6.90 Å². The van der Waals surface area contributed by atoms with Crippen LogP contribution < -0.4 is 0 Å². The monoisotopic (exact) mass is 104 g/mol. The highest BCUT2D eigenvalue weighted by molar-refractivity contribution is 5.93. The Morgan fingerprint density at radius 3 is 2.57 bits per heavy atom. The van der Waals surface area contributed by atoms with E-state index in [9.17, 15) is 9.59 Å². The summed E-state index contributed by atoms with van der Waals surface area (Å²) in [6, 6.07) is 0. The van der Waals surface area contributed by atoms with Crippen molar-refractivity contribution in [1.29, 1.82) is 0 Å².